The molecule has 1 aromatic carbocycles. The molecule has 0 atom stereocenters. The summed E-state index contributed by atoms with van der Waals surface area (Å²) in [6.45, 7) is 1.00. The molecule has 2 aliphatic heterocycles. The summed E-state index contributed by atoms with van der Waals surface area (Å²) < 4.78 is 6.53. The Balaban J connectivity index is 1.30. The Hall–Kier alpha value is -4.51. The minimum absolute atomic E-state index is 0.120. The van der Waals surface area contributed by atoms with Gasteiger partial charge in [0.1, 0.15) is 17.2 Å². The van der Waals surface area contributed by atoms with Crippen molar-refractivity contribution in [3.63, 3.8) is 0 Å². The highest BCUT2D eigenvalue weighted by molar-refractivity contribution is 6.44. The van der Waals surface area contributed by atoms with Gasteiger partial charge in [-0.25, -0.2) is 15.2 Å². The molecule has 4 heterocycles. The number of oxazole rings is 1. The molecule has 0 aliphatic carbocycles. The van der Waals surface area contributed by atoms with E-state index in [4.69, 9.17) is 4.42 Å². The van der Waals surface area contributed by atoms with Crippen molar-refractivity contribution in [2.24, 2.45) is 12.0 Å². The van der Waals surface area contributed by atoms with Gasteiger partial charge in [-0.3, -0.25) is 24.1 Å². The predicted molar refractivity (Wildman–Crippen MR) is 123 cm³/mol. The molecule has 34 heavy (non-hydrogen) atoms. The highest BCUT2D eigenvalue weighted by atomic mass is 16.4. The first-order valence-corrected chi connectivity index (χ1v) is 10.6. The molecule has 172 valence electrons. The quantitative estimate of drug-likeness (QED) is 0.488. The lowest BCUT2D eigenvalue weighted by Gasteiger charge is -2.26. The number of fused-ring (bicyclic) bond motifs is 2. The van der Waals surface area contributed by atoms with E-state index in [9.17, 15) is 14.4 Å². The topological polar surface area (TPSA) is 134 Å². The Bertz CT molecular complexity index is 1430. The second kappa shape index (κ2) is 8.79. The highest BCUT2D eigenvalue weighted by Crippen LogP contribution is 2.21. The summed E-state index contributed by atoms with van der Waals surface area (Å²) in [5.41, 5.74) is 6.20. The molecule has 3 aromatic rings. The maximum atomic E-state index is 12.9. The monoisotopic (exact) mass is 459 g/mol. The first-order chi connectivity index (χ1) is 16.5. The first kappa shape index (κ1) is 21.3. The average molecular weight is 459 g/mol. The number of benzene rings is 1. The van der Waals surface area contributed by atoms with Crippen molar-refractivity contribution in [3.8, 4) is 0 Å². The second-order valence-electron chi connectivity index (χ2n) is 7.74. The van der Waals surface area contributed by atoms with Gasteiger partial charge in [0.2, 0.25) is 0 Å². The maximum Gasteiger partial charge on any atom is 0.419 e. The third kappa shape index (κ3) is 4.11. The number of aliphatic imine (C=N–C) groups is 1. The van der Waals surface area contributed by atoms with Gasteiger partial charge in [-0.1, -0.05) is 12.1 Å². The zero-order valence-corrected chi connectivity index (χ0v) is 18.2. The fourth-order valence-corrected chi connectivity index (χ4v) is 3.67. The van der Waals surface area contributed by atoms with E-state index in [0.717, 1.165) is 11.1 Å². The van der Waals surface area contributed by atoms with Gasteiger partial charge in [0.15, 0.2) is 5.58 Å². The molecule has 11 nitrogen and oxygen atoms in total. The molecule has 0 saturated heterocycles. The van der Waals surface area contributed by atoms with Gasteiger partial charge in [0.05, 0.1) is 5.52 Å². The van der Waals surface area contributed by atoms with E-state index in [1.54, 1.807) is 54.8 Å². The molecule has 0 fully saturated rings. The van der Waals surface area contributed by atoms with Crippen LogP contribution in [0, 0.1) is 0 Å². The van der Waals surface area contributed by atoms with Crippen LogP contribution < -0.4 is 21.8 Å². The van der Waals surface area contributed by atoms with Crippen LogP contribution in [0.2, 0.25) is 0 Å². The number of hydrazine groups is 1. The van der Waals surface area contributed by atoms with E-state index in [0.29, 0.717) is 30.0 Å². The van der Waals surface area contributed by atoms with Gasteiger partial charge in [-0.15, -0.1) is 0 Å². The maximum absolute atomic E-state index is 12.9. The van der Waals surface area contributed by atoms with Gasteiger partial charge in [-0.05, 0) is 35.4 Å². The summed E-state index contributed by atoms with van der Waals surface area (Å²) >= 11 is 0. The summed E-state index contributed by atoms with van der Waals surface area (Å²) in [6, 6.07) is 8.90. The van der Waals surface area contributed by atoms with Crippen molar-refractivity contribution in [1.29, 1.82) is 0 Å². The standard InChI is InChI=1S/C23H21N7O4/c1-29-17-9-14(4-5-19(17)34-23(29)33)12-25-21(31)16-10-18(30-20(28-16)6-8-27-30)22(32)26-13-15-3-2-7-24-11-15/h2-7,9-11,27H,8,12-13H2,1H3,(H,25,31)(H,26,32). The van der Waals surface area contributed by atoms with Crippen molar-refractivity contribution in [2.45, 2.75) is 13.1 Å². The SMILES string of the molecule is Cn1c(=O)oc2ccc(CNC(=O)C3=NC4=CCNN4C(C(=O)NCc4cccnc4)=C3)cc21. The van der Waals surface area contributed by atoms with Gasteiger partial charge in [0, 0.05) is 45.2 Å². The molecule has 0 unspecified atom stereocenters. The average Bonchev–Trinajstić information content (AvgIpc) is 3.45. The van der Waals surface area contributed by atoms with E-state index in [2.05, 4.69) is 26.0 Å². The number of hydrogen-bond acceptors (Lipinski definition) is 8. The summed E-state index contributed by atoms with van der Waals surface area (Å²) in [7, 11) is 1.62. The molecule has 2 aliphatic rings. The fourth-order valence-electron chi connectivity index (χ4n) is 3.67. The van der Waals surface area contributed by atoms with Crippen LogP contribution in [0.3, 0.4) is 0 Å². The van der Waals surface area contributed by atoms with Crippen LogP contribution in [-0.2, 0) is 29.7 Å². The molecular formula is C23H21N7O4. The van der Waals surface area contributed by atoms with Crippen molar-refractivity contribution < 1.29 is 14.0 Å². The number of nitrogens with one attached hydrogen (secondary N) is 3. The normalized spacial score (nSPS) is 14.9. The number of aromatic nitrogens is 2. The van der Waals surface area contributed by atoms with Crippen LogP contribution >= 0.6 is 0 Å². The summed E-state index contributed by atoms with van der Waals surface area (Å²) in [5.74, 6) is -0.744. The lowest BCUT2D eigenvalue weighted by Crippen LogP contribution is -2.42. The number of amides is 2. The van der Waals surface area contributed by atoms with Crippen LogP contribution in [0.5, 0.6) is 0 Å². The molecule has 0 radical (unpaired) electrons. The highest BCUT2D eigenvalue weighted by Gasteiger charge is 2.30. The zero-order valence-electron chi connectivity index (χ0n) is 18.2. The van der Waals surface area contributed by atoms with E-state index in [1.807, 2.05) is 6.07 Å². The molecular weight excluding hydrogens is 438 g/mol. The van der Waals surface area contributed by atoms with Gasteiger partial charge in [0.25, 0.3) is 11.8 Å². The van der Waals surface area contributed by atoms with Gasteiger partial charge in [-0.2, -0.15) is 0 Å². The van der Waals surface area contributed by atoms with Crippen LogP contribution in [0.15, 0.2) is 80.6 Å². The Morgan fingerprint density at radius 1 is 1.15 bits per heavy atom. The Morgan fingerprint density at radius 2 is 1.97 bits per heavy atom. The minimum Gasteiger partial charge on any atom is -0.408 e. The zero-order chi connectivity index (χ0) is 23.7. The van der Waals surface area contributed by atoms with Crippen molar-refractivity contribution in [2.75, 3.05) is 6.54 Å². The Kier molecular flexibility index (Phi) is 5.52. The molecule has 0 bridgehead atoms. The largest absolute Gasteiger partial charge is 0.419 e. The van der Waals surface area contributed by atoms with Crippen molar-refractivity contribution in [1.82, 2.24) is 30.6 Å². The number of pyridine rings is 1. The number of aryl methyl sites for hydroxylation is 1. The summed E-state index contributed by atoms with van der Waals surface area (Å²) in [6.07, 6.45) is 6.58. The minimum atomic E-state index is -0.449. The summed E-state index contributed by atoms with van der Waals surface area (Å²) in [4.78, 5) is 45.9. The first-order valence-electron chi connectivity index (χ1n) is 10.6. The van der Waals surface area contributed by atoms with Gasteiger partial charge >= 0.3 is 5.76 Å². The van der Waals surface area contributed by atoms with Crippen molar-refractivity contribution in [3.05, 3.63) is 88.1 Å². The lowest BCUT2D eigenvalue weighted by molar-refractivity contribution is -0.119. The van der Waals surface area contributed by atoms with Gasteiger partial charge < -0.3 is 15.1 Å². The van der Waals surface area contributed by atoms with Crippen LogP contribution in [0.25, 0.3) is 11.1 Å². The number of hydrogen-bond donors (Lipinski definition) is 3. The van der Waals surface area contributed by atoms with E-state index < -0.39 is 11.7 Å². The second-order valence-corrected chi connectivity index (χ2v) is 7.74. The lowest BCUT2D eigenvalue weighted by atomic mass is 10.2. The number of carbonyl (C=O) groups is 2. The third-order valence-corrected chi connectivity index (χ3v) is 5.46. The summed E-state index contributed by atoms with van der Waals surface area (Å²) in [5, 5.41) is 7.22. The molecule has 0 saturated carbocycles. The third-order valence-electron chi connectivity index (χ3n) is 5.46. The Morgan fingerprint density at radius 3 is 2.79 bits per heavy atom. The van der Waals surface area contributed by atoms with E-state index in [-0.39, 0.29) is 23.9 Å². The molecule has 3 N–H and O–H groups in total. The van der Waals surface area contributed by atoms with Crippen LogP contribution in [-0.4, -0.2) is 38.6 Å². The number of rotatable bonds is 6. The number of nitrogens with zero attached hydrogens (tertiary/aromatic N) is 4. The molecule has 2 amide bonds. The smallest absolute Gasteiger partial charge is 0.408 e. The van der Waals surface area contributed by atoms with Crippen LogP contribution in [0.4, 0.5) is 0 Å². The van der Waals surface area contributed by atoms with Crippen molar-refractivity contribution >= 4 is 28.6 Å². The molecule has 2 aromatic heterocycles. The molecule has 11 heteroatoms. The number of carbonyl (C=O) groups excluding carboxylic acids is 2. The fraction of sp³-hybridized carbons (Fsp3) is 0.174. The molecule has 5 rings (SSSR count). The van der Waals surface area contributed by atoms with Crippen LogP contribution in [0.1, 0.15) is 11.1 Å². The van der Waals surface area contributed by atoms with E-state index in [1.165, 1.54) is 10.6 Å². The molecule has 0 spiro atoms. The Labute approximate surface area is 193 Å². The van der Waals surface area contributed by atoms with E-state index >= 15 is 0 Å². The predicted octanol–water partition coefficient (Wildman–Crippen LogP) is 0.459.